The maximum Gasteiger partial charge on any atom is 0.345 e. The number of rotatable bonds is 5. The molecule has 3 rings (SSSR count). The van der Waals surface area contributed by atoms with Crippen LogP contribution < -0.4 is 10.1 Å². The number of carbonyl (C=O) groups is 2. The van der Waals surface area contributed by atoms with Crippen molar-refractivity contribution >= 4 is 29.2 Å². The largest absolute Gasteiger partial charge is 0.496 e. The molecule has 0 bridgehead atoms. The first-order valence-electron chi connectivity index (χ1n) is 7.92. The summed E-state index contributed by atoms with van der Waals surface area (Å²) in [7, 11) is 2.81. The molecule has 1 amide bonds. The van der Waals surface area contributed by atoms with Gasteiger partial charge in [-0.15, -0.1) is 0 Å². The fraction of sp³-hybridized carbons (Fsp3) is 0.211. The number of aliphatic imine (C=N–C) groups is 1. The molecule has 0 saturated heterocycles. The number of nitrogens with zero attached hydrogens (tertiary/aromatic N) is 1. The predicted octanol–water partition coefficient (Wildman–Crippen LogP) is 2.50. The number of ether oxygens (including phenoxy) is 2. The maximum atomic E-state index is 12.4. The Kier molecular flexibility index (Phi) is 5.23. The van der Waals surface area contributed by atoms with Crippen LogP contribution in [0.15, 0.2) is 63.8 Å². The molecule has 2 aliphatic rings. The molecule has 0 radical (unpaired) electrons. The molecule has 1 aromatic rings. The number of hydrogen-bond donors (Lipinski definition) is 1. The Morgan fingerprint density at radius 3 is 2.81 bits per heavy atom. The highest BCUT2D eigenvalue weighted by Gasteiger charge is 2.36. The van der Waals surface area contributed by atoms with E-state index in [1.807, 2.05) is 30.3 Å². The molecule has 1 unspecified atom stereocenters. The summed E-state index contributed by atoms with van der Waals surface area (Å²) >= 11 is 6.19. The first kappa shape index (κ1) is 17.9. The van der Waals surface area contributed by atoms with Crippen molar-refractivity contribution in [1.29, 1.82) is 0 Å². The molecule has 134 valence electrons. The van der Waals surface area contributed by atoms with Crippen molar-refractivity contribution in [2.75, 3.05) is 14.2 Å². The third-order valence-electron chi connectivity index (χ3n) is 4.15. The zero-order valence-electron chi connectivity index (χ0n) is 14.3. The highest BCUT2D eigenvalue weighted by atomic mass is 35.5. The minimum Gasteiger partial charge on any atom is -0.496 e. The van der Waals surface area contributed by atoms with E-state index in [4.69, 9.17) is 21.1 Å². The van der Waals surface area contributed by atoms with Crippen LogP contribution in [0.1, 0.15) is 5.56 Å². The molecule has 0 saturated carbocycles. The third kappa shape index (κ3) is 3.28. The van der Waals surface area contributed by atoms with Gasteiger partial charge < -0.3 is 14.8 Å². The van der Waals surface area contributed by atoms with Gasteiger partial charge in [-0.25, -0.2) is 9.79 Å². The van der Waals surface area contributed by atoms with Crippen LogP contribution in [-0.2, 0) is 20.9 Å². The molecule has 1 atom stereocenters. The zero-order valence-corrected chi connectivity index (χ0v) is 15.0. The minimum atomic E-state index is -0.737. The summed E-state index contributed by atoms with van der Waals surface area (Å²) in [6, 6.07) is 7.48. The maximum absolute atomic E-state index is 12.4. The van der Waals surface area contributed by atoms with Crippen molar-refractivity contribution in [2.45, 2.75) is 6.54 Å². The molecular formula is C19H17ClN2O4. The summed E-state index contributed by atoms with van der Waals surface area (Å²) in [5, 5.41) is 3.56. The molecule has 1 aliphatic carbocycles. The summed E-state index contributed by atoms with van der Waals surface area (Å²) in [6.45, 7) is 0.353. The number of halogens is 1. The monoisotopic (exact) mass is 372 g/mol. The van der Waals surface area contributed by atoms with E-state index in [0.717, 1.165) is 5.56 Å². The molecule has 26 heavy (non-hydrogen) atoms. The summed E-state index contributed by atoms with van der Waals surface area (Å²) in [4.78, 5) is 28.6. The fourth-order valence-corrected chi connectivity index (χ4v) is 3.14. The zero-order chi connectivity index (χ0) is 18.7. The molecule has 0 aromatic heterocycles. The highest BCUT2D eigenvalue weighted by Crippen LogP contribution is 2.31. The molecule has 1 aliphatic heterocycles. The average molecular weight is 373 g/mol. The van der Waals surface area contributed by atoms with Gasteiger partial charge in [-0.1, -0.05) is 42.0 Å². The van der Waals surface area contributed by atoms with E-state index < -0.39 is 17.8 Å². The topological polar surface area (TPSA) is 77.0 Å². The lowest BCUT2D eigenvalue weighted by Gasteiger charge is -2.27. The van der Waals surface area contributed by atoms with Gasteiger partial charge in [0.05, 0.1) is 30.9 Å². The number of fused-ring (bicyclic) bond motifs is 1. The lowest BCUT2D eigenvalue weighted by atomic mass is 9.88. The lowest BCUT2D eigenvalue weighted by molar-refractivity contribution is -0.137. The molecule has 1 N–H and O–H groups in total. The number of hydrogen-bond acceptors (Lipinski definition) is 5. The summed E-state index contributed by atoms with van der Waals surface area (Å²) in [6.07, 6.45) is 5.25. The molecular weight excluding hydrogens is 356 g/mol. The third-order valence-corrected chi connectivity index (χ3v) is 4.47. The molecule has 0 fully saturated rings. The van der Waals surface area contributed by atoms with Crippen LogP contribution in [-0.4, -0.2) is 31.8 Å². The summed E-state index contributed by atoms with van der Waals surface area (Å²) in [5.41, 5.74) is 1.59. The van der Waals surface area contributed by atoms with Crippen molar-refractivity contribution in [3.63, 3.8) is 0 Å². The van der Waals surface area contributed by atoms with E-state index in [1.54, 1.807) is 19.3 Å². The smallest absolute Gasteiger partial charge is 0.345 e. The second-order valence-corrected chi connectivity index (χ2v) is 6.03. The number of benzene rings is 1. The van der Waals surface area contributed by atoms with E-state index in [2.05, 4.69) is 10.3 Å². The van der Waals surface area contributed by atoms with Crippen LogP contribution in [0.2, 0.25) is 0 Å². The minimum absolute atomic E-state index is 0.118. The van der Waals surface area contributed by atoms with E-state index in [9.17, 15) is 9.59 Å². The van der Waals surface area contributed by atoms with Gasteiger partial charge in [0, 0.05) is 17.8 Å². The Morgan fingerprint density at radius 1 is 1.31 bits per heavy atom. The molecule has 1 aromatic carbocycles. The van der Waals surface area contributed by atoms with Crippen molar-refractivity contribution in [1.82, 2.24) is 5.32 Å². The van der Waals surface area contributed by atoms with E-state index >= 15 is 0 Å². The van der Waals surface area contributed by atoms with E-state index in [0.29, 0.717) is 28.7 Å². The van der Waals surface area contributed by atoms with Gasteiger partial charge in [0.2, 0.25) is 0 Å². The predicted molar refractivity (Wildman–Crippen MR) is 97.9 cm³/mol. The van der Waals surface area contributed by atoms with Crippen molar-refractivity contribution in [3.8, 4) is 5.75 Å². The van der Waals surface area contributed by atoms with Gasteiger partial charge in [-0.3, -0.25) is 4.79 Å². The lowest BCUT2D eigenvalue weighted by Crippen LogP contribution is -2.36. The second kappa shape index (κ2) is 7.58. The Bertz CT molecular complexity index is 883. The number of allylic oxidation sites excluding steroid dienone is 4. The van der Waals surface area contributed by atoms with Gasteiger partial charge in [-0.2, -0.15) is 0 Å². The van der Waals surface area contributed by atoms with Gasteiger partial charge in [-0.05, 0) is 12.1 Å². The van der Waals surface area contributed by atoms with Crippen LogP contribution in [0.4, 0.5) is 0 Å². The van der Waals surface area contributed by atoms with Gasteiger partial charge in [0.25, 0.3) is 5.91 Å². The fourth-order valence-electron chi connectivity index (χ4n) is 2.91. The molecule has 1 heterocycles. The number of amides is 1. The summed E-state index contributed by atoms with van der Waals surface area (Å²) < 4.78 is 10.1. The Morgan fingerprint density at radius 2 is 2.08 bits per heavy atom. The number of methoxy groups -OCH3 is 2. The van der Waals surface area contributed by atoms with Crippen LogP contribution in [0, 0.1) is 5.92 Å². The van der Waals surface area contributed by atoms with Crippen LogP contribution >= 0.6 is 11.6 Å². The van der Waals surface area contributed by atoms with Crippen molar-refractivity contribution < 1.29 is 19.1 Å². The highest BCUT2D eigenvalue weighted by molar-refractivity contribution is 6.46. The van der Waals surface area contributed by atoms with Crippen LogP contribution in [0.3, 0.4) is 0 Å². The first-order valence-corrected chi connectivity index (χ1v) is 8.30. The normalized spacial score (nSPS) is 18.7. The Hall–Kier alpha value is -2.86. The molecule has 6 nitrogen and oxygen atoms in total. The standard InChI is InChI=1S/C19H17ClN2O4/c1-25-14-9-4-3-6-11(14)10-21-17-12-7-5-8-13(20)16(12)22-18(23)15(17)19(24)26-2/h3-9,12,21H,10H2,1-2H3. The van der Waals surface area contributed by atoms with Crippen LogP contribution in [0.25, 0.3) is 0 Å². The average Bonchev–Trinajstić information content (AvgIpc) is 2.66. The number of dihydropyridines is 1. The Balaban J connectivity index is 1.98. The van der Waals surface area contributed by atoms with Gasteiger partial charge in [0.1, 0.15) is 11.3 Å². The SMILES string of the molecule is COC(=O)C1=C(NCc2ccccc2OC)C2C=CC=C(Cl)C2=NC1=O. The van der Waals surface area contributed by atoms with E-state index in [-0.39, 0.29) is 5.57 Å². The molecule has 0 spiro atoms. The van der Waals surface area contributed by atoms with Gasteiger partial charge in [0.15, 0.2) is 0 Å². The number of esters is 1. The van der Waals surface area contributed by atoms with Crippen molar-refractivity contribution in [2.24, 2.45) is 10.9 Å². The first-order chi connectivity index (χ1) is 12.6. The molecule has 7 heteroatoms. The number of nitrogens with one attached hydrogen (secondary N) is 1. The van der Waals surface area contributed by atoms with Crippen LogP contribution in [0.5, 0.6) is 5.75 Å². The number of para-hydroxylation sites is 1. The van der Waals surface area contributed by atoms with Gasteiger partial charge >= 0.3 is 5.97 Å². The summed E-state index contributed by atoms with van der Waals surface area (Å²) in [5.74, 6) is -1.13. The Labute approximate surface area is 155 Å². The quantitative estimate of drug-likeness (QED) is 0.634. The second-order valence-electron chi connectivity index (χ2n) is 5.63. The van der Waals surface area contributed by atoms with E-state index in [1.165, 1.54) is 7.11 Å². The number of carbonyl (C=O) groups excluding carboxylic acids is 2. The van der Waals surface area contributed by atoms with Crippen molar-refractivity contribution in [3.05, 3.63) is 64.4 Å².